The van der Waals surface area contributed by atoms with Crippen LogP contribution in [0.3, 0.4) is 0 Å². The molecule has 0 aliphatic rings. The fraction of sp³-hybridized carbons (Fsp3) is 0.444. The zero-order chi connectivity index (χ0) is 13.0. The van der Waals surface area contributed by atoms with Crippen LogP contribution in [0.25, 0.3) is 11.2 Å². The maximum Gasteiger partial charge on any atom is 0.261 e. The predicted octanol–water partition coefficient (Wildman–Crippen LogP) is 0.629. The third-order valence-corrected chi connectivity index (χ3v) is 2.09. The van der Waals surface area contributed by atoms with Gasteiger partial charge in [0.15, 0.2) is 11.5 Å². The summed E-state index contributed by atoms with van der Waals surface area (Å²) in [6.45, 7) is -0.103. The second-order valence-electron chi connectivity index (χ2n) is 3.42. The minimum Gasteiger partial charge on any atom is -0.374 e. The van der Waals surface area contributed by atoms with E-state index in [1.165, 1.54) is 6.33 Å². The molecule has 18 heavy (non-hydrogen) atoms. The number of H-pyrrole nitrogens is 1. The van der Waals surface area contributed by atoms with E-state index in [0.717, 1.165) is 0 Å². The van der Waals surface area contributed by atoms with Gasteiger partial charge in [0.2, 0.25) is 5.95 Å². The van der Waals surface area contributed by atoms with Crippen molar-refractivity contribution in [3.8, 4) is 0 Å². The van der Waals surface area contributed by atoms with Gasteiger partial charge in [0.25, 0.3) is 6.43 Å². The number of nitrogens with one attached hydrogen (secondary N) is 2. The molecule has 4 N–H and O–H groups in total. The lowest BCUT2D eigenvalue weighted by atomic mass is 10.5. The third-order valence-electron chi connectivity index (χ3n) is 2.09. The Morgan fingerprint density at radius 3 is 3.06 bits per heavy atom. The lowest BCUT2D eigenvalue weighted by molar-refractivity contribution is 0.0215. The van der Waals surface area contributed by atoms with Crippen LogP contribution < -0.4 is 11.1 Å². The Hall–Kier alpha value is -2.03. The monoisotopic (exact) mass is 258 g/mol. The van der Waals surface area contributed by atoms with E-state index in [0.29, 0.717) is 23.5 Å². The van der Waals surface area contributed by atoms with Crippen molar-refractivity contribution in [3.63, 3.8) is 0 Å². The second-order valence-corrected chi connectivity index (χ2v) is 3.42. The number of fused-ring (bicyclic) bond motifs is 1. The largest absolute Gasteiger partial charge is 0.374 e. The van der Waals surface area contributed by atoms with Crippen molar-refractivity contribution in [2.75, 3.05) is 30.8 Å². The number of imidazole rings is 1. The van der Waals surface area contributed by atoms with E-state index in [1.807, 2.05) is 0 Å². The van der Waals surface area contributed by atoms with Crippen LogP contribution in [0.4, 0.5) is 20.5 Å². The van der Waals surface area contributed by atoms with Gasteiger partial charge in [0, 0.05) is 6.54 Å². The Bertz CT molecular complexity index is 517. The minimum atomic E-state index is -2.46. The molecule has 0 saturated carbocycles. The summed E-state index contributed by atoms with van der Waals surface area (Å²) < 4.78 is 28.3. The number of hydrogen-bond acceptors (Lipinski definition) is 6. The maximum absolute atomic E-state index is 11.8. The highest BCUT2D eigenvalue weighted by Crippen LogP contribution is 2.16. The number of rotatable bonds is 6. The predicted molar refractivity (Wildman–Crippen MR) is 61.4 cm³/mol. The highest BCUT2D eigenvalue weighted by atomic mass is 19.3. The van der Waals surface area contributed by atoms with Crippen LogP contribution in [0, 0.1) is 0 Å². The van der Waals surface area contributed by atoms with Gasteiger partial charge in [-0.05, 0) is 0 Å². The number of alkyl halides is 2. The molecule has 0 spiro atoms. The van der Waals surface area contributed by atoms with Gasteiger partial charge in [0.1, 0.15) is 12.1 Å². The summed E-state index contributed by atoms with van der Waals surface area (Å²) in [5.74, 6) is 0.557. The van der Waals surface area contributed by atoms with E-state index in [2.05, 4.69) is 25.3 Å². The Labute approximate surface area is 101 Å². The molecular weight excluding hydrogens is 246 g/mol. The normalized spacial score (nSPS) is 11.3. The fourth-order valence-electron chi connectivity index (χ4n) is 1.39. The number of nitrogens with zero attached hydrogens (tertiary/aromatic N) is 3. The quantitative estimate of drug-likeness (QED) is 0.657. The van der Waals surface area contributed by atoms with E-state index in [4.69, 9.17) is 10.5 Å². The number of hydrogen-bond donors (Lipinski definition) is 3. The Balaban J connectivity index is 1.93. The summed E-state index contributed by atoms with van der Waals surface area (Å²) in [7, 11) is 0. The molecular formula is C9H12F2N6O. The van der Waals surface area contributed by atoms with Crippen LogP contribution in [0.2, 0.25) is 0 Å². The summed E-state index contributed by atoms with van der Waals surface area (Å²) in [6, 6.07) is 0. The molecule has 0 unspecified atom stereocenters. The van der Waals surface area contributed by atoms with Crippen molar-refractivity contribution in [1.29, 1.82) is 0 Å². The summed E-state index contributed by atoms with van der Waals surface area (Å²) in [6.07, 6.45) is -0.990. The Kier molecular flexibility index (Phi) is 3.82. The fourth-order valence-corrected chi connectivity index (χ4v) is 1.39. The molecule has 98 valence electrons. The van der Waals surface area contributed by atoms with Crippen molar-refractivity contribution < 1.29 is 13.5 Å². The van der Waals surface area contributed by atoms with Gasteiger partial charge >= 0.3 is 0 Å². The third kappa shape index (κ3) is 3.00. The lowest BCUT2D eigenvalue weighted by Gasteiger charge is -2.07. The topological polar surface area (TPSA) is 102 Å². The van der Waals surface area contributed by atoms with Crippen molar-refractivity contribution in [1.82, 2.24) is 19.9 Å². The number of ether oxygens (including phenoxy) is 1. The second kappa shape index (κ2) is 5.54. The number of halogens is 2. The van der Waals surface area contributed by atoms with E-state index in [9.17, 15) is 8.78 Å². The van der Waals surface area contributed by atoms with E-state index < -0.39 is 13.0 Å². The van der Waals surface area contributed by atoms with Crippen LogP contribution in [0.1, 0.15) is 0 Å². The van der Waals surface area contributed by atoms with Gasteiger partial charge in [-0.2, -0.15) is 9.97 Å². The summed E-state index contributed by atoms with van der Waals surface area (Å²) >= 11 is 0. The average Bonchev–Trinajstić information content (AvgIpc) is 2.75. The van der Waals surface area contributed by atoms with Gasteiger partial charge in [-0.3, -0.25) is 0 Å². The van der Waals surface area contributed by atoms with Crippen molar-refractivity contribution in [3.05, 3.63) is 6.33 Å². The molecule has 2 rings (SSSR count). The SMILES string of the molecule is Nc1nc(NCCOCC(F)F)c2[nH]cnc2n1. The van der Waals surface area contributed by atoms with Crippen molar-refractivity contribution in [2.45, 2.75) is 6.43 Å². The standard InChI is InChI=1S/C9H12F2N6O/c10-5(11)3-18-2-1-13-7-6-8(15-4-14-6)17-9(12)16-7/h4-5H,1-3H2,(H4,12,13,14,15,16,17). The average molecular weight is 258 g/mol. The maximum atomic E-state index is 11.8. The van der Waals surface area contributed by atoms with E-state index in [1.54, 1.807) is 0 Å². The number of nitrogens with two attached hydrogens (primary N) is 1. The first-order chi connectivity index (χ1) is 8.66. The molecule has 0 aliphatic carbocycles. The molecule has 0 aliphatic heterocycles. The molecule has 0 atom stereocenters. The van der Waals surface area contributed by atoms with Gasteiger partial charge in [-0.1, -0.05) is 0 Å². The zero-order valence-corrected chi connectivity index (χ0v) is 9.36. The molecule has 0 radical (unpaired) electrons. The van der Waals surface area contributed by atoms with Gasteiger partial charge in [-0.25, -0.2) is 13.8 Å². The lowest BCUT2D eigenvalue weighted by Crippen LogP contribution is -2.14. The van der Waals surface area contributed by atoms with Crippen molar-refractivity contribution in [2.24, 2.45) is 0 Å². The van der Waals surface area contributed by atoms with E-state index in [-0.39, 0.29) is 12.6 Å². The van der Waals surface area contributed by atoms with E-state index >= 15 is 0 Å². The smallest absolute Gasteiger partial charge is 0.261 e. The van der Waals surface area contributed by atoms with Crippen LogP contribution >= 0.6 is 0 Å². The molecule has 2 aromatic heterocycles. The molecule has 0 amide bonds. The first kappa shape index (κ1) is 12.4. The summed E-state index contributed by atoms with van der Waals surface area (Å²) in [4.78, 5) is 14.7. The molecule has 0 bridgehead atoms. The van der Waals surface area contributed by atoms with Crippen LogP contribution in [-0.2, 0) is 4.74 Å². The molecule has 2 aromatic rings. The summed E-state index contributed by atoms with van der Waals surface area (Å²) in [5, 5.41) is 2.92. The zero-order valence-electron chi connectivity index (χ0n) is 9.36. The Morgan fingerprint density at radius 1 is 1.44 bits per heavy atom. The molecule has 7 nitrogen and oxygen atoms in total. The highest BCUT2D eigenvalue weighted by molar-refractivity contribution is 5.83. The molecule has 9 heteroatoms. The Morgan fingerprint density at radius 2 is 2.28 bits per heavy atom. The van der Waals surface area contributed by atoms with Crippen LogP contribution in [-0.4, -0.2) is 46.1 Å². The first-order valence-corrected chi connectivity index (χ1v) is 5.23. The summed E-state index contributed by atoms with van der Waals surface area (Å²) in [5.41, 5.74) is 6.56. The minimum absolute atomic E-state index is 0.0885. The molecule has 0 fully saturated rings. The highest BCUT2D eigenvalue weighted by Gasteiger charge is 2.08. The first-order valence-electron chi connectivity index (χ1n) is 5.23. The van der Waals surface area contributed by atoms with Crippen LogP contribution in [0.5, 0.6) is 0 Å². The number of anilines is 2. The number of aromatic nitrogens is 4. The molecule has 0 aromatic carbocycles. The molecule has 2 heterocycles. The van der Waals surface area contributed by atoms with Gasteiger partial charge in [-0.15, -0.1) is 0 Å². The van der Waals surface area contributed by atoms with Gasteiger partial charge < -0.3 is 20.8 Å². The number of aromatic amines is 1. The van der Waals surface area contributed by atoms with Gasteiger partial charge in [0.05, 0.1) is 12.9 Å². The molecule has 0 saturated heterocycles. The van der Waals surface area contributed by atoms with Crippen molar-refractivity contribution >= 4 is 22.9 Å². The number of nitrogen functional groups attached to an aromatic ring is 1. The van der Waals surface area contributed by atoms with Crippen LogP contribution in [0.15, 0.2) is 6.33 Å².